The average Bonchev–Trinajstić information content (AvgIpc) is 2.96. The van der Waals surface area contributed by atoms with Crippen LogP contribution in [0.1, 0.15) is 37.7 Å². The minimum absolute atomic E-state index is 0.118. The molecule has 3 rings (SSSR count). The van der Waals surface area contributed by atoms with Crippen LogP contribution >= 0.6 is 0 Å². The Morgan fingerprint density at radius 3 is 2.68 bits per heavy atom. The van der Waals surface area contributed by atoms with E-state index in [2.05, 4.69) is 6.07 Å². The van der Waals surface area contributed by atoms with Gasteiger partial charge in [-0.3, -0.25) is 0 Å². The number of hydrogen-bond acceptors (Lipinski definition) is 3. The molecule has 0 spiro atoms. The highest BCUT2D eigenvalue weighted by Gasteiger charge is 2.34. The summed E-state index contributed by atoms with van der Waals surface area (Å²) in [7, 11) is 1.68. The van der Waals surface area contributed by atoms with Gasteiger partial charge >= 0.3 is 0 Å². The predicted molar refractivity (Wildman–Crippen MR) is 76.6 cm³/mol. The molecule has 1 aromatic heterocycles. The maximum atomic E-state index is 6.14. The smallest absolute Gasteiger partial charge is 0.175 e. The zero-order chi connectivity index (χ0) is 13.3. The van der Waals surface area contributed by atoms with Crippen molar-refractivity contribution in [2.24, 2.45) is 5.73 Å². The van der Waals surface area contributed by atoms with E-state index >= 15 is 0 Å². The van der Waals surface area contributed by atoms with E-state index in [1.165, 1.54) is 37.7 Å². The van der Waals surface area contributed by atoms with E-state index in [9.17, 15) is 0 Å². The molecule has 1 aliphatic carbocycles. The summed E-state index contributed by atoms with van der Waals surface area (Å²) in [6, 6.07) is 6.22. The van der Waals surface area contributed by atoms with E-state index in [0.29, 0.717) is 6.54 Å². The Bertz CT molecular complexity index is 567. The summed E-state index contributed by atoms with van der Waals surface area (Å²) in [5, 5.41) is 1.16. The lowest BCUT2D eigenvalue weighted by Crippen LogP contribution is -2.37. The van der Waals surface area contributed by atoms with Gasteiger partial charge in [0.05, 0.1) is 13.4 Å². The van der Waals surface area contributed by atoms with Gasteiger partial charge in [-0.15, -0.1) is 0 Å². The van der Waals surface area contributed by atoms with Gasteiger partial charge in [0, 0.05) is 17.3 Å². The number of benzene rings is 1. The average molecular weight is 259 g/mol. The van der Waals surface area contributed by atoms with Crippen LogP contribution in [0.15, 0.2) is 28.9 Å². The molecular weight excluding hydrogens is 238 g/mol. The molecular formula is C16H21NO2. The largest absolute Gasteiger partial charge is 0.493 e. The third-order valence-corrected chi connectivity index (χ3v) is 4.57. The van der Waals surface area contributed by atoms with Crippen molar-refractivity contribution in [1.29, 1.82) is 0 Å². The van der Waals surface area contributed by atoms with Crippen molar-refractivity contribution >= 4 is 11.0 Å². The van der Waals surface area contributed by atoms with Gasteiger partial charge in [-0.2, -0.15) is 0 Å². The van der Waals surface area contributed by atoms with Gasteiger partial charge in [-0.1, -0.05) is 25.3 Å². The van der Waals surface area contributed by atoms with Crippen LogP contribution in [0.5, 0.6) is 5.75 Å². The van der Waals surface area contributed by atoms with Crippen molar-refractivity contribution in [2.75, 3.05) is 13.7 Å². The molecule has 3 heteroatoms. The number of nitrogens with two attached hydrogens (primary N) is 1. The van der Waals surface area contributed by atoms with E-state index in [4.69, 9.17) is 14.9 Å². The number of fused-ring (bicyclic) bond motifs is 1. The predicted octanol–water partition coefficient (Wildman–Crippen LogP) is 3.60. The topological polar surface area (TPSA) is 48.4 Å². The van der Waals surface area contributed by atoms with Crippen LogP contribution < -0.4 is 10.5 Å². The quantitative estimate of drug-likeness (QED) is 0.916. The van der Waals surface area contributed by atoms with Crippen molar-refractivity contribution in [3.05, 3.63) is 30.0 Å². The van der Waals surface area contributed by atoms with E-state index in [-0.39, 0.29) is 5.41 Å². The summed E-state index contributed by atoms with van der Waals surface area (Å²) in [6.45, 7) is 0.708. The van der Waals surface area contributed by atoms with Crippen molar-refractivity contribution in [3.8, 4) is 5.75 Å². The Labute approximate surface area is 113 Å². The van der Waals surface area contributed by atoms with Crippen molar-refractivity contribution in [1.82, 2.24) is 0 Å². The van der Waals surface area contributed by atoms with Gasteiger partial charge in [0.15, 0.2) is 11.3 Å². The second kappa shape index (κ2) is 4.89. The van der Waals surface area contributed by atoms with Gasteiger partial charge in [0.2, 0.25) is 0 Å². The maximum absolute atomic E-state index is 6.14. The number of rotatable bonds is 3. The molecule has 0 radical (unpaired) electrons. The fraction of sp³-hybridized carbons (Fsp3) is 0.500. The van der Waals surface area contributed by atoms with E-state index in [0.717, 1.165) is 16.7 Å². The third-order valence-electron chi connectivity index (χ3n) is 4.57. The molecule has 0 amide bonds. The second-order valence-electron chi connectivity index (χ2n) is 5.52. The summed E-state index contributed by atoms with van der Waals surface area (Å²) in [5.74, 6) is 0.798. The van der Waals surface area contributed by atoms with E-state index in [1.807, 2.05) is 12.1 Å². The SMILES string of the molecule is COc1ccc(C2(CN)CCCCC2)c2ccoc12. The molecule has 0 bridgehead atoms. The van der Waals surface area contributed by atoms with Crippen LogP contribution in [0.25, 0.3) is 11.0 Å². The molecule has 0 aliphatic heterocycles. The molecule has 1 fully saturated rings. The molecule has 0 unspecified atom stereocenters. The highest BCUT2D eigenvalue weighted by molar-refractivity contribution is 5.87. The number of methoxy groups -OCH3 is 1. The summed E-state index contributed by atoms with van der Waals surface area (Å²) in [6.07, 6.45) is 7.95. The molecule has 2 aromatic rings. The molecule has 0 atom stereocenters. The van der Waals surface area contributed by atoms with Gasteiger partial charge in [-0.25, -0.2) is 0 Å². The normalized spacial score (nSPS) is 18.6. The molecule has 19 heavy (non-hydrogen) atoms. The zero-order valence-electron chi connectivity index (χ0n) is 11.4. The van der Waals surface area contributed by atoms with Crippen LogP contribution in [0.3, 0.4) is 0 Å². The lowest BCUT2D eigenvalue weighted by molar-refractivity contribution is 0.302. The molecule has 0 saturated heterocycles. The summed E-state index contributed by atoms with van der Waals surface area (Å²) in [5.41, 5.74) is 8.43. The van der Waals surface area contributed by atoms with E-state index < -0.39 is 0 Å². The number of ether oxygens (including phenoxy) is 1. The lowest BCUT2D eigenvalue weighted by Gasteiger charge is -2.37. The molecule has 1 aromatic carbocycles. The first kappa shape index (κ1) is 12.5. The highest BCUT2D eigenvalue weighted by Crippen LogP contribution is 2.43. The highest BCUT2D eigenvalue weighted by atomic mass is 16.5. The van der Waals surface area contributed by atoms with E-state index in [1.54, 1.807) is 13.4 Å². The van der Waals surface area contributed by atoms with Gasteiger partial charge in [-0.05, 0) is 30.5 Å². The first-order valence-corrected chi connectivity index (χ1v) is 7.05. The fourth-order valence-corrected chi connectivity index (χ4v) is 3.47. The van der Waals surface area contributed by atoms with Crippen molar-refractivity contribution in [2.45, 2.75) is 37.5 Å². The Hall–Kier alpha value is -1.48. The molecule has 1 saturated carbocycles. The Balaban J connectivity index is 2.16. The molecule has 3 nitrogen and oxygen atoms in total. The van der Waals surface area contributed by atoms with Crippen LogP contribution in [0.2, 0.25) is 0 Å². The van der Waals surface area contributed by atoms with Gasteiger partial charge in [0.1, 0.15) is 0 Å². The Morgan fingerprint density at radius 2 is 2.00 bits per heavy atom. The second-order valence-corrected chi connectivity index (χ2v) is 5.52. The summed E-state index contributed by atoms with van der Waals surface area (Å²) >= 11 is 0. The minimum atomic E-state index is 0.118. The minimum Gasteiger partial charge on any atom is -0.493 e. The standard InChI is InChI=1S/C16H21NO2/c1-18-14-6-5-13(12-7-10-19-15(12)14)16(11-17)8-3-2-4-9-16/h5-7,10H,2-4,8-9,11,17H2,1H3. The fourth-order valence-electron chi connectivity index (χ4n) is 3.47. The van der Waals surface area contributed by atoms with Crippen LogP contribution in [0, 0.1) is 0 Å². The Morgan fingerprint density at radius 1 is 1.21 bits per heavy atom. The van der Waals surface area contributed by atoms with Crippen LogP contribution in [-0.4, -0.2) is 13.7 Å². The molecule has 1 heterocycles. The Kier molecular flexibility index (Phi) is 3.23. The van der Waals surface area contributed by atoms with Crippen molar-refractivity contribution in [3.63, 3.8) is 0 Å². The maximum Gasteiger partial charge on any atom is 0.175 e. The third kappa shape index (κ3) is 1.93. The molecule has 2 N–H and O–H groups in total. The van der Waals surface area contributed by atoms with Crippen LogP contribution in [0.4, 0.5) is 0 Å². The molecule has 102 valence electrons. The van der Waals surface area contributed by atoms with Crippen molar-refractivity contribution < 1.29 is 9.15 Å². The monoisotopic (exact) mass is 259 g/mol. The summed E-state index contributed by atoms with van der Waals surface area (Å²) < 4.78 is 11.0. The molecule has 1 aliphatic rings. The first-order chi connectivity index (χ1) is 9.30. The number of hydrogen-bond donors (Lipinski definition) is 1. The number of furan rings is 1. The first-order valence-electron chi connectivity index (χ1n) is 7.05. The zero-order valence-corrected chi connectivity index (χ0v) is 11.4. The van der Waals surface area contributed by atoms with Gasteiger partial charge < -0.3 is 14.9 Å². The summed E-state index contributed by atoms with van der Waals surface area (Å²) in [4.78, 5) is 0. The van der Waals surface area contributed by atoms with Gasteiger partial charge in [0.25, 0.3) is 0 Å². The lowest BCUT2D eigenvalue weighted by atomic mass is 9.68. The van der Waals surface area contributed by atoms with Crippen LogP contribution in [-0.2, 0) is 5.41 Å².